The predicted molar refractivity (Wildman–Crippen MR) is 46.1 cm³/mol. The Labute approximate surface area is 71.5 Å². The predicted octanol–water partition coefficient (Wildman–Crippen LogP) is 0.534. The molecule has 0 aromatic carbocycles. The average molecular weight is 167 g/mol. The summed E-state index contributed by atoms with van der Waals surface area (Å²) in [5.74, 6) is 1.07. The fourth-order valence-electron chi connectivity index (χ4n) is 1.63. The molecule has 0 spiro atoms. The van der Waals surface area contributed by atoms with E-state index in [9.17, 15) is 0 Å². The molecule has 66 valence electrons. The van der Waals surface area contributed by atoms with E-state index in [1.165, 1.54) is 11.3 Å². The first-order chi connectivity index (χ1) is 5.83. The van der Waals surface area contributed by atoms with Gasteiger partial charge in [0.1, 0.15) is 5.82 Å². The maximum absolute atomic E-state index is 5.36. The van der Waals surface area contributed by atoms with Gasteiger partial charge in [0.2, 0.25) is 0 Å². The second kappa shape index (κ2) is 2.79. The van der Waals surface area contributed by atoms with Crippen LogP contribution in [0.25, 0.3) is 0 Å². The van der Waals surface area contributed by atoms with E-state index in [0.717, 1.165) is 18.8 Å². The molecule has 0 radical (unpaired) electrons. The van der Waals surface area contributed by atoms with Gasteiger partial charge in [0.25, 0.3) is 0 Å². The van der Waals surface area contributed by atoms with Gasteiger partial charge in [-0.15, -0.1) is 0 Å². The van der Waals surface area contributed by atoms with Gasteiger partial charge in [0.15, 0.2) is 0 Å². The zero-order chi connectivity index (χ0) is 8.55. The van der Waals surface area contributed by atoms with Crippen LogP contribution in [0, 0.1) is 0 Å². The molecule has 1 N–H and O–H groups in total. The summed E-state index contributed by atoms with van der Waals surface area (Å²) in [6, 6.07) is 0. The van der Waals surface area contributed by atoms with Gasteiger partial charge in [0, 0.05) is 26.1 Å². The number of anilines is 1. The number of rotatable bonds is 1. The highest BCUT2D eigenvalue weighted by Crippen LogP contribution is 2.23. The van der Waals surface area contributed by atoms with Crippen LogP contribution < -0.4 is 5.32 Å². The molecule has 0 bridgehead atoms. The van der Waals surface area contributed by atoms with E-state index in [1.54, 1.807) is 0 Å². The molecule has 1 aromatic heterocycles. The van der Waals surface area contributed by atoms with Crippen molar-refractivity contribution >= 4 is 5.82 Å². The van der Waals surface area contributed by atoms with Crippen LogP contribution in [-0.4, -0.2) is 23.4 Å². The highest BCUT2D eigenvalue weighted by molar-refractivity contribution is 5.47. The van der Waals surface area contributed by atoms with Crippen LogP contribution in [-0.2, 0) is 24.8 Å². The second-order valence-electron chi connectivity index (χ2n) is 2.95. The third kappa shape index (κ3) is 0.992. The van der Waals surface area contributed by atoms with E-state index in [1.807, 2.05) is 18.8 Å². The SMILES string of the molecule is CNc1c2c(nn1C)CCOC2. The Hall–Kier alpha value is -1.03. The molecule has 4 heteroatoms. The summed E-state index contributed by atoms with van der Waals surface area (Å²) >= 11 is 0. The lowest BCUT2D eigenvalue weighted by atomic mass is 10.1. The smallest absolute Gasteiger partial charge is 0.129 e. The third-order valence-corrected chi connectivity index (χ3v) is 2.19. The molecule has 2 heterocycles. The summed E-state index contributed by atoms with van der Waals surface area (Å²) in [6.45, 7) is 1.49. The first-order valence-electron chi connectivity index (χ1n) is 4.13. The summed E-state index contributed by atoms with van der Waals surface area (Å²) in [5.41, 5.74) is 2.39. The van der Waals surface area contributed by atoms with Crippen molar-refractivity contribution in [2.45, 2.75) is 13.0 Å². The first-order valence-corrected chi connectivity index (χ1v) is 4.13. The van der Waals surface area contributed by atoms with E-state index >= 15 is 0 Å². The van der Waals surface area contributed by atoms with Crippen LogP contribution in [0.1, 0.15) is 11.3 Å². The highest BCUT2D eigenvalue weighted by atomic mass is 16.5. The minimum atomic E-state index is 0.694. The molecule has 0 saturated heterocycles. The number of aromatic nitrogens is 2. The Morgan fingerprint density at radius 1 is 1.58 bits per heavy atom. The molecule has 1 aliphatic heterocycles. The topological polar surface area (TPSA) is 39.1 Å². The lowest BCUT2D eigenvalue weighted by molar-refractivity contribution is 0.110. The standard InChI is InChI=1S/C8H13N3O/c1-9-8-6-5-12-4-3-7(6)10-11(8)2/h9H,3-5H2,1-2H3. The molecular weight excluding hydrogens is 154 g/mol. The van der Waals surface area contributed by atoms with Crippen LogP contribution in [0.4, 0.5) is 5.82 Å². The Morgan fingerprint density at radius 2 is 2.42 bits per heavy atom. The van der Waals surface area contributed by atoms with Crippen molar-refractivity contribution < 1.29 is 4.74 Å². The van der Waals surface area contributed by atoms with Crippen molar-refractivity contribution in [3.05, 3.63) is 11.3 Å². The normalized spacial score (nSPS) is 15.8. The molecule has 0 saturated carbocycles. The quantitative estimate of drug-likeness (QED) is 0.663. The van der Waals surface area contributed by atoms with Gasteiger partial charge in [-0.05, 0) is 0 Å². The molecule has 0 fully saturated rings. The molecule has 0 amide bonds. The Kier molecular flexibility index (Phi) is 1.77. The third-order valence-electron chi connectivity index (χ3n) is 2.19. The van der Waals surface area contributed by atoms with Gasteiger partial charge in [-0.1, -0.05) is 0 Å². The summed E-state index contributed by atoms with van der Waals surface area (Å²) < 4.78 is 7.23. The van der Waals surface area contributed by atoms with Crippen LogP contribution in [0.5, 0.6) is 0 Å². The van der Waals surface area contributed by atoms with Crippen molar-refractivity contribution in [3.63, 3.8) is 0 Å². The van der Waals surface area contributed by atoms with Crippen LogP contribution in [0.2, 0.25) is 0 Å². The largest absolute Gasteiger partial charge is 0.376 e. The summed E-state index contributed by atoms with van der Waals surface area (Å²) in [7, 11) is 3.86. The van der Waals surface area contributed by atoms with Crippen molar-refractivity contribution in [2.24, 2.45) is 7.05 Å². The molecule has 1 aromatic rings. The average Bonchev–Trinajstić information content (AvgIpc) is 2.40. The Balaban J connectivity index is 2.46. The summed E-state index contributed by atoms with van der Waals surface area (Å²) in [5, 5.41) is 7.52. The van der Waals surface area contributed by atoms with Crippen LogP contribution in [0.3, 0.4) is 0 Å². The van der Waals surface area contributed by atoms with Gasteiger partial charge < -0.3 is 10.1 Å². The first kappa shape index (κ1) is 7.61. The van der Waals surface area contributed by atoms with E-state index in [2.05, 4.69) is 10.4 Å². The monoisotopic (exact) mass is 167 g/mol. The number of nitrogens with one attached hydrogen (secondary N) is 1. The van der Waals surface area contributed by atoms with Gasteiger partial charge in [-0.25, -0.2) is 0 Å². The molecule has 0 atom stereocenters. The van der Waals surface area contributed by atoms with Gasteiger partial charge in [0.05, 0.1) is 18.9 Å². The van der Waals surface area contributed by atoms with E-state index < -0.39 is 0 Å². The Morgan fingerprint density at radius 3 is 3.17 bits per heavy atom. The van der Waals surface area contributed by atoms with Crippen molar-refractivity contribution in [1.29, 1.82) is 0 Å². The molecular formula is C8H13N3O. The number of ether oxygens (including phenoxy) is 1. The Bertz CT molecular complexity index is 293. The van der Waals surface area contributed by atoms with Gasteiger partial charge in [-0.3, -0.25) is 4.68 Å². The van der Waals surface area contributed by atoms with Gasteiger partial charge in [-0.2, -0.15) is 5.10 Å². The van der Waals surface area contributed by atoms with Crippen molar-refractivity contribution in [3.8, 4) is 0 Å². The summed E-state index contributed by atoms with van der Waals surface area (Å²) in [4.78, 5) is 0. The van der Waals surface area contributed by atoms with Crippen molar-refractivity contribution in [1.82, 2.24) is 9.78 Å². The molecule has 2 rings (SSSR count). The zero-order valence-corrected chi connectivity index (χ0v) is 7.42. The van der Waals surface area contributed by atoms with Crippen LogP contribution in [0.15, 0.2) is 0 Å². The van der Waals surface area contributed by atoms with E-state index in [4.69, 9.17) is 4.74 Å². The number of hydrogen-bond acceptors (Lipinski definition) is 3. The van der Waals surface area contributed by atoms with Gasteiger partial charge >= 0.3 is 0 Å². The lowest BCUT2D eigenvalue weighted by Gasteiger charge is -2.11. The molecule has 12 heavy (non-hydrogen) atoms. The number of hydrogen-bond donors (Lipinski definition) is 1. The maximum Gasteiger partial charge on any atom is 0.129 e. The van der Waals surface area contributed by atoms with E-state index in [0.29, 0.717) is 6.61 Å². The fourth-order valence-corrected chi connectivity index (χ4v) is 1.63. The maximum atomic E-state index is 5.36. The summed E-state index contributed by atoms with van der Waals surface area (Å²) in [6.07, 6.45) is 0.935. The molecule has 1 aliphatic rings. The second-order valence-corrected chi connectivity index (χ2v) is 2.95. The fraction of sp³-hybridized carbons (Fsp3) is 0.625. The number of aryl methyl sites for hydroxylation is 1. The number of fused-ring (bicyclic) bond motifs is 1. The van der Waals surface area contributed by atoms with E-state index in [-0.39, 0.29) is 0 Å². The zero-order valence-electron chi connectivity index (χ0n) is 7.42. The minimum Gasteiger partial charge on any atom is -0.376 e. The number of nitrogens with zero attached hydrogens (tertiary/aromatic N) is 2. The molecule has 0 aliphatic carbocycles. The highest BCUT2D eigenvalue weighted by Gasteiger charge is 2.18. The van der Waals surface area contributed by atoms with Crippen LogP contribution >= 0.6 is 0 Å². The molecule has 0 unspecified atom stereocenters. The minimum absolute atomic E-state index is 0.694. The van der Waals surface area contributed by atoms with Crippen molar-refractivity contribution in [2.75, 3.05) is 19.0 Å². The molecule has 4 nitrogen and oxygen atoms in total. The lowest BCUT2D eigenvalue weighted by Crippen LogP contribution is -2.09.